The zero-order valence-corrected chi connectivity index (χ0v) is 17.4. The summed E-state index contributed by atoms with van der Waals surface area (Å²) in [5, 5.41) is 5.23. The van der Waals surface area contributed by atoms with Crippen molar-refractivity contribution < 1.29 is 28.7 Å². The molecule has 0 unspecified atom stereocenters. The van der Waals surface area contributed by atoms with Crippen LogP contribution in [-0.4, -0.2) is 49.6 Å². The minimum atomic E-state index is -0.875. The van der Waals surface area contributed by atoms with Crippen molar-refractivity contribution in [2.24, 2.45) is 5.92 Å². The highest BCUT2D eigenvalue weighted by molar-refractivity contribution is 5.97. The summed E-state index contributed by atoms with van der Waals surface area (Å²) >= 11 is 0. The fourth-order valence-corrected chi connectivity index (χ4v) is 2.48. The molecule has 0 aliphatic rings. The Morgan fingerprint density at radius 2 is 1.83 bits per heavy atom. The molecule has 0 spiro atoms. The molecule has 2 amide bonds. The second-order valence-electron chi connectivity index (χ2n) is 6.93. The van der Waals surface area contributed by atoms with Gasteiger partial charge in [-0.25, -0.2) is 4.79 Å². The first-order valence-corrected chi connectivity index (χ1v) is 9.71. The van der Waals surface area contributed by atoms with Crippen LogP contribution in [0.5, 0.6) is 0 Å². The fraction of sp³-hybridized carbons (Fsp3) is 0.524. The number of ether oxygens (including phenoxy) is 2. The van der Waals surface area contributed by atoms with Crippen LogP contribution in [0.2, 0.25) is 0 Å². The van der Waals surface area contributed by atoms with E-state index in [0.717, 1.165) is 5.56 Å². The number of hydrogen-bond donors (Lipinski definition) is 2. The van der Waals surface area contributed by atoms with Gasteiger partial charge in [0.1, 0.15) is 6.04 Å². The average Bonchev–Trinajstić information content (AvgIpc) is 2.67. The number of hydrogen-bond acceptors (Lipinski definition) is 6. The van der Waals surface area contributed by atoms with Gasteiger partial charge >= 0.3 is 11.9 Å². The zero-order valence-electron chi connectivity index (χ0n) is 17.4. The van der Waals surface area contributed by atoms with Crippen LogP contribution in [0.1, 0.15) is 49.5 Å². The highest BCUT2D eigenvalue weighted by atomic mass is 16.5. The number of rotatable bonds is 11. The summed E-state index contributed by atoms with van der Waals surface area (Å²) in [5.41, 5.74) is 1.38. The summed E-state index contributed by atoms with van der Waals surface area (Å²) in [7, 11) is 0. The molecule has 0 saturated heterocycles. The molecule has 1 atom stereocenters. The number of carbonyl (C=O) groups is 4. The first kappa shape index (κ1) is 24.1. The van der Waals surface area contributed by atoms with Gasteiger partial charge in [0.15, 0.2) is 6.61 Å². The molecule has 0 aromatic heterocycles. The van der Waals surface area contributed by atoms with E-state index < -0.39 is 24.5 Å². The Morgan fingerprint density at radius 1 is 1.10 bits per heavy atom. The van der Waals surface area contributed by atoms with Crippen LogP contribution in [0.4, 0.5) is 0 Å². The van der Waals surface area contributed by atoms with E-state index in [-0.39, 0.29) is 30.8 Å². The lowest BCUT2D eigenvalue weighted by Gasteiger charge is -2.21. The topological polar surface area (TPSA) is 111 Å². The third-order valence-electron chi connectivity index (χ3n) is 4.02. The maximum Gasteiger partial charge on any atom is 0.329 e. The summed E-state index contributed by atoms with van der Waals surface area (Å²) in [4.78, 5) is 47.7. The molecule has 8 nitrogen and oxygen atoms in total. The fourth-order valence-electron chi connectivity index (χ4n) is 2.48. The molecule has 160 valence electrons. The Kier molecular flexibility index (Phi) is 10.4. The number of aryl methyl sites for hydroxylation is 1. The summed E-state index contributed by atoms with van der Waals surface area (Å²) in [6.07, 6.45) is 0.633. The van der Waals surface area contributed by atoms with Gasteiger partial charge in [-0.2, -0.15) is 0 Å². The van der Waals surface area contributed by atoms with E-state index in [0.29, 0.717) is 18.6 Å². The lowest BCUT2D eigenvalue weighted by atomic mass is 10.0. The molecule has 29 heavy (non-hydrogen) atoms. The van der Waals surface area contributed by atoms with Gasteiger partial charge in [0.25, 0.3) is 11.8 Å². The highest BCUT2D eigenvalue weighted by Crippen LogP contribution is 2.08. The van der Waals surface area contributed by atoms with Crippen LogP contribution in [0.3, 0.4) is 0 Å². The number of benzene rings is 1. The summed E-state index contributed by atoms with van der Waals surface area (Å²) < 4.78 is 9.84. The van der Waals surface area contributed by atoms with Crippen molar-refractivity contribution >= 4 is 23.8 Å². The molecule has 0 heterocycles. The molecule has 1 aromatic carbocycles. The van der Waals surface area contributed by atoms with Gasteiger partial charge in [-0.05, 0) is 38.3 Å². The van der Waals surface area contributed by atoms with Crippen molar-refractivity contribution in [3.8, 4) is 0 Å². The van der Waals surface area contributed by atoms with Gasteiger partial charge in [0.05, 0.1) is 6.61 Å². The van der Waals surface area contributed by atoms with E-state index in [9.17, 15) is 19.2 Å². The molecule has 8 heteroatoms. The Hall–Kier alpha value is -2.90. The van der Waals surface area contributed by atoms with Crippen molar-refractivity contribution in [1.82, 2.24) is 10.6 Å². The van der Waals surface area contributed by atoms with E-state index >= 15 is 0 Å². The van der Waals surface area contributed by atoms with E-state index in [4.69, 9.17) is 9.47 Å². The van der Waals surface area contributed by atoms with Gasteiger partial charge in [0.2, 0.25) is 0 Å². The number of esters is 2. The zero-order chi connectivity index (χ0) is 21.8. The Morgan fingerprint density at radius 3 is 2.45 bits per heavy atom. The van der Waals surface area contributed by atoms with Crippen LogP contribution in [-0.2, 0) is 23.9 Å². The van der Waals surface area contributed by atoms with Gasteiger partial charge < -0.3 is 20.1 Å². The Labute approximate surface area is 171 Å². The van der Waals surface area contributed by atoms with Crippen LogP contribution in [0.25, 0.3) is 0 Å². The lowest BCUT2D eigenvalue weighted by Crippen LogP contribution is -2.46. The summed E-state index contributed by atoms with van der Waals surface area (Å²) in [6.45, 7) is 7.28. The van der Waals surface area contributed by atoms with Crippen molar-refractivity contribution in [3.63, 3.8) is 0 Å². The first-order chi connectivity index (χ1) is 13.7. The van der Waals surface area contributed by atoms with Crippen LogP contribution < -0.4 is 10.6 Å². The molecule has 0 radical (unpaired) electrons. The van der Waals surface area contributed by atoms with Crippen LogP contribution in [0, 0.1) is 12.8 Å². The van der Waals surface area contributed by atoms with Gasteiger partial charge in [0, 0.05) is 18.5 Å². The molecule has 2 N–H and O–H groups in total. The SMILES string of the molecule is CCOC(=O)CCCNC(=O)COC(=O)[C@@H](NC(=O)c1cccc(C)c1)C(C)C. The standard InChI is InChI=1S/C21H30N2O6/c1-5-28-18(25)10-7-11-22-17(24)13-29-21(27)19(14(2)3)23-20(26)16-9-6-8-15(4)12-16/h6,8-9,12,14,19H,5,7,10-11,13H2,1-4H3,(H,22,24)(H,23,26)/t19-/m0/s1. The summed E-state index contributed by atoms with van der Waals surface area (Å²) in [5.74, 6) is -2.08. The van der Waals surface area contributed by atoms with Gasteiger partial charge in [-0.15, -0.1) is 0 Å². The predicted octanol–water partition coefficient (Wildman–Crippen LogP) is 1.75. The second kappa shape index (κ2) is 12.5. The molecule has 0 bridgehead atoms. The molecule has 0 fully saturated rings. The molecule has 1 aromatic rings. The maximum absolute atomic E-state index is 12.4. The molecule has 1 rings (SSSR count). The van der Waals surface area contributed by atoms with Crippen molar-refractivity contribution in [2.75, 3.05) is 19.8 Å². The number of nitrogens with one attached hydrogen (secondary N) is 2. The molecular weight excluding hydrogens is 376 g/mol. The third-order valence-corrected chi connectivity index (χ3v) is 4.02. The molecule has 0 aliphatic heterocycles. The molecule has 0 aliphatic carbocycles. The molecule has 0 saturated carbocycles. The minimum Gasteiger partial charge on any atom is -0.466 e. The van der Waals surface area contributed by atoms with Crippen molar-refractivity contribution in [3.05, 3.63) is 35.4 Å². The quantitative estimate of drug-likeness (QED) is 0.428. The van der Waals surface area contributed by atoms with Crippen LogP contribution >= 0.6 is 0 Å². The Balaban J connectivity index is 2.45. The van der Waals surface area contributed by atoms with E-state index in [1.807, 2.05) is 13.0 Å². The lowest BCUT2D eigenvalue weighted by molar-refractivity contribution is -0.151. The van der Waals surface area contributed by atoms with Crippen LogP contribution in [0.15, 0.2) is 24.3 Å². The summed E-state index contributed by atoms with van der Waals surface area (Å²) in [6, 6.07) is 6.14. The number of carbonyl (C=O) groups excluding carboxylic acids is 4. The number of amides is 2. The van der Waals surface area contributed by atoms with Crippen molar-refractivity contribution in [1.29, 1.82) is 0 Å². The van der Waals surface area contributed by atoms with Crippen molar-refractivity contribution in [2.45, 2.75) is 46.6 Å². The van der Waals surface area contributed by atoms with Gasteiger partial charge in [-0.1, -0.05) is 31.5 Å². The van der Waals surface area contributed by atoms with E-state index in [2.05, 4.69) is 10.6 Å². The second-order valence-corrected chi connectivity index (χ2v) is 6.93. The van der Waals surface area contributed by atoms with E-state index in [1.165, 1.54) is 0 Å². The maximum atomic E-state index is 12.4. The Bertz CT molecular complexity index is 717. The highest BCUT2D eigenvalue weighted by Gasteiger charge is 2.26. The smallest absolute Gasteiger partial charge is 0.329 e. The average molecular weight is 406 g/mol. The first-order valence-electron chi connectivity index (χ1n) is 9.71. The normalized spacial score (nSPS) is 11.5. The monoisotopic (exact) mass is 406 g/mol. The molecular formula is C21H30N2O6. The van der Waals surface area contributed by atoms with Gasteiger partial charge in [-0.3, -0.25) is 14.4 Å². The van der Waals surface area contributed by atoms with E-state index in [1.54, 1.807) is 39.0 Å². The largest absolute Gasteiger partial charge is 0.466 e. The minimum absolute atomic E-state index is 0.203. The third kappa shape index (κ3) is 9.23. The predicted molar refractivity (Wildman–Crippen MR) is 107 cm³/mol.